The molecule has 0 aliphatic carbocycles. The lowest BCUT2D eigenvalue weighted by atomic mass is 10.0. The number of hydrogen-bond donors (Lipinski definition) is 2. The van der Waals surface area contributed by atoms with Crippen LogP contribution in [0.1, 0.15) is 21.5 Å². The number of nitrogens with one attached hydrogen (secondary N) is 1. The number of hydrazone groups is 1. The van der Waals surface area contributed by atoms with Crippen molar-refractivity contribution in [1.29, 1.82) is 0 Å². The molecule has 0 atom stereocenters. The van der Waals surface area contributed by atoms with E-state index in [1.807, 2.05) is 77.5 Å². The minimum absolute atomic E-state index is 0. The van der Waals surface area contributed by atoms with E-state index < -0.39 is 0 Å². The molecule has 0 bridgehead atoms. The van der Waals surface area contributed by atoms with Gasteiger partial charge in [0, 0.05) is 17.2 Å². The summed E-state index contributed by atoms with van der Waals surface area (Å²) in [5, 5.41) is 16.1. The number of benzene rings is 3. The van der Waals surface area contributed by atoms with Gasteiger partial charge in [-0.15, -0.1) is 12.4 Å². The molecule has 4 aromatic rings. The van der Waals surface area contributed by atoms with Gasteiger partial charge in [0.1, 0.15) is 11.3 Å². The number of rotatable bonds is 5. The topological polar surface area (TPSA) is 65.6 Å². The van der Waals surface area contributed by atoms with E-state index in [0.717, 1.165) is 16.3 Å². The minimum Gasteiger partial charge on any atom is -0.507 e. The number of carbonyl (C=O) groups is 1. The maximum atomic E-state index is 12.5. The molecule has 4 rings (SSSR count). The third-order valence-electron chi connectivity index (χ3n) is 4.64. The molecule has 0 aliphatic heterocycles. The lowest BCUT2D eigenvalue weighted by Crippen LogP contribution is -2.35. The summed E-state index contributed by atoms with van der Waals surface area (Å²) in [6, 6.07) is 24.8. The van der Waals surface area contributed by atoms with Crippen molar-refractivity contribution in [2.24, 2.45) is 5.10 Å². The molecule has 30 heavy (non-hydrogen) atoms. The average Bonchev–Trinajstić information content (AvgIpc) is 2.76. The van der Waals surface area contributed by atoms with Gasteiger partial charge in [-0.2, -0.15) is 9.67 Å². The van der Waals surface area contributed by atoms with Crippen LogP contribution in [0.15, 0.2) is 96.4 Å². The molecule has 0 spiro atoms. The van der Waals surface area contributed by atoms with Crippen LogP contribution in [-0.4, -0.2) is 17.2 Å². The molecule has 0 radical (unpaired) electrons. The summed E-state index contributed by atoms with van der Waals surface area (Å²) in [5.74, 6) is -0.203. The third-order valence-corrected chi connectivity index (χ3v) is 4.64. The zero-order valence-electron chi connectivity index (χ0n) is 16.1. The van der Waals surface area contributed by atoms with Crippen LogP contribution in [0.25, 0.3) is 10.8 Å². The first-order chi connectivity index (χ1) is 14.2. The van der Waals surface area contributed by atoms with Crippen molar-refractivity contribution in [1.82, 2.24) is 5.43 Å². The molecule has 2 N–H and O–H groups in total. The van der Waals surface area contributed by atoms with E-state index >= 15 is 0 Å². The number of aromatic nitrogens is 1. The van der Waals surface area contributed by atoms with Crippen LogP contribution in [0.2, 0.25) is 0 Å². The van der Waals surface area contributed by atoms with E-state index in [4.69, 9.17) is 0 Å². The fourth-order valence-electron chi connectivity index (χ4n) is 3.19. The maximum absolute atomic E-state index is 12.5. The van der Waals surface area contributed by atoms with Crippen molar-refractivity contribution in [2.75, 3.05) is 0 Å². The zero-order valence-corrected chi connectivity index (χ0v) is 16.9. The number of halogens is 1. The fraction of sp³-hybridized carbons (Fsp3) is 0.0417. The smallest absolute Gasteiger partial charge is 0.277 e. The highest BCUT2D eigenvalue weighted by molar-refractivity contribution is 6.03. The molecule has 1 heterocycles. The Morgan fingerprint density at radius 3 is 2.57 bits per heavy atom. The Kier molecular flexibility index (Phi) is 6.78. The number of phenols is 1. The van der Waals surface area contributed by atoms with Crippen LogP contribution >= 0.6 is 12.4 Å². The SMILES string of the molecule is Cl.O=C(N/N=C/c1c(O)ccc2ccccc12)c1ccc[n+](Cc2ccccc2)c1. The Bertz CT molecular complexity index is 1190. The van der Waals surface area contributed by atoms with Gasteiger partial charge in [0.15, 0.2) is 18.9 Å². The van der Waals surface area contributed by atoms with Gasteiger partial charge in [-0.1, -0.05) is 60.7 Å². The number of hydrogen-bond acceptors (Lipinski definition) is 3. The summed E-state index contributed by atoms with van der Waals surface area (Å²) in [5.41, 5.74) is 4.76. The lowest BCUT2D eigenvalue weighted by molar-refractivity contribution is -0.688. The first kappa shape index (κ1) is 21.0. The Labute approximate surface area is 180 Å². The van der Waals surface area contributed by atoms with Gasteiger partial charge in [-0.05, 0) is 22.9 Å². The summed E-state index contributed by atoms with van der Waals surface area (Å²) in [6.07, 6.45) is 5.17. The van der Waals surface area contributed by atoms with Crippen LogP contribution in [0.5, 0.6) is 5.75 Å². The van der Waals surface area contributed by atoms with Crippen molar-refractivity contribution in [3.05, 3.63) is 108 Å². The molecule has 1 amide bonds. The molecule has 5 nitrogen and oxygen atoms in total. The molecule has 0 saturated heterocycles. The van der Waals surface area contributed by atoms with Crippen molar-refractivity contribution < 1.29 is 14.5 Å². The van der Waals surface area contributed by atoms with E-state index in [1.165, 1.54) is 6.21 Å². The molecular weight excluding hydrogens is 398 g/mol. The standard InChI is InChI=1S/C24H19N3O2.ClH/c28-23-13-12-19-9-4-5-11-21(19)22(23)15-25-26-24(29)20-10-6-14-27(17-20)16-18-7-2-1-3-8-18;/h1-15,17H,16H2,(H-,25,26,28,29);1H/p+1. The molecule has 6 heteroatoms. The van der Waals surface area contributed by atoms with Crippen molar-refractivity contribution in [3.8, 4) is 5.75 Å². The van der Waals surface area contributed by atoms with Gasteiger partial charge < -0.3 is 5.11 Å². The van der Waals surface area contributed by atoms with E-state index in [9.17, 15) is 9.90 Å². The number of carbonyl (C=O) groups excluding carboxylic acids is 1. The summed E-state index contributed by atoms with van der Waals surface area (Å²) >= 11 is 0. The Hall–Kier alpha value is -3.70. The monoisotopic (exact) mass is 418 g/mol. The second-order valence-corrected chi connectivity index (χ2v) is 6.67. The van der Waals surface area contributed by atoms with Gasteiger partial charge in [0.2, 0.25) is 0 Å². The lowest BCUT2D eigenvalue weighted by Gasteiger charge is -2.05. The van der Waals surface area contributed by atoms with E-state index in [1.54, 1.807) is 18.3 Å². The number of fused-ring (bicyclic) bond motifs is 1. The maximum Gasteiger partial charge on any atom is 0.277 e. The highest BCUT2D eigenvalue weighted by Crippen LogP contribution is 2.25. The summed E-state index contributed by atoms with van der Waals surface area (Å²) in [4.78, 5) is 12.5. The largest absolute Gasteiger partial charge is 0.507 e. The minimum atomic E-state index is -0.316. The average molecular weight is 419 g/mol. The van der Waals surface area contributed by atoms with Gasteiger partial charge in [-0.3, -0.25) is 4.79 Å². The number of phenolic OH excluding ortho intramolecular Hbond substituents is 1. The van der Waals surface area contributed by atoms with Crippen LogP contribution in [0.3, 0.4) is 0 Å². The number of aromatic hydroxyl groups is 1. The molecular formula is C24H21ClN3O2+. The summed E-state index contributed by atoms with van der Waals surface area (Å²) < 4.78 is 1.95. The van der Waals surface area contributed by atoms with Gasteiger partial charge >= 0.3 is 0 Å². The van der Waals surface area contributed by atoms with Crippen LogP contribution in [-0.2, 0) is 6.54 Å². The number of pyridine rings is 1. The van der Waals surface area contributed by atoms with Gasteiger partial charge in [0.25, 0.3) is 5.91 Å². The Morgan fingerprint density at radius 2 is 1.73 bits per heavy atom. The normalized spacial score (nSPS) is 10.7. The van der Waals surface area contributed by atoms with E-state index in [-0.39, 0.29) is 24.1 Å². The Morgan fingerprint density at radius 1 is 0.967 bits per heavy atom. The summed E-state index contributed by atoms with van der Waals surface area (Å²) in [7, 11) is 0. The molecule has 0 saturated carbocycles. The predicted octanol–water partition coefficient (Wildman–Crippen LogP) is 4.07. The quantitative estimate of drug-likeness (QED) is 0.291. The molecule has 1 aromatic heterocycles. The highest BCUT2D eigenvalue weighted by Gasteiger charge is 2.11. The number of nitrogens with zero attached hydrogens (tertiary/aromatic N) is 2. The molecule has 0 aliphatic rings. The van der Waals surface area contributed by atoms with Crippen molar-refractivity contribution >= 4 is 35.3 Å². The third kappa shape index (κ3) is 4.82. The van der Waals surface area contributed by atoms with Gasteiger partial charge in [-0.25, -0.2) is 5.43 Å². The van der Waals surface area contributed by atoms with Crippen LogP contribution in [0, 0.1) is 0 Å². The zero-order chi connectivity index (χ0) is 20.1. The van der Waals surface area contributed by atoms with Crippen molar-refractivity contribution in [2.45, 2.75) is 6.54 Å². The fourth-order valence-corrected chi connectivity index (χ4v) is 3.19. The van der Waals surface area contributed by atoms with Crippen molar-refractivity contribution in [3.63, 3.8) is 0 Å². The summed E-state index contributed by atoms with van der Waals surface area (Å²) in [6.45, 7) is 0.676. The van der Waals surface area contributed by atoms with Crippen LogP contribution in [0.4, 0.5) is 0 Å². The first-order valence-corrected chi connectivity index (χ1v) is 9.28. The molecule has 0 fully saturated rings. The highest BCUT2D eigenvalue weighted by atomic mass is 35.5. The second kappa shape index (κ2) is 9.67. The molecule has 150 valence electrons. The molecule has 0 unspecified atom stereocenters. The predicted molar refractivity (Wildman–Crippen MR) is 120 cm³/mol. The number of amides is 1. The second-order valence-electron chi connectivity index (χ2n) is 6.67. The Balaban J connectivity index is 0.00000256. The first-order valence-electron chi connectivity index (χ1n) is 9.28. The van der Waals surface area contributed by atoms with Gasteiger partial charge in [0.05, 0.1) is 6.21 Å². The van der Waals surface area contributed by atoms with E-state index in [2.05, 4.69) is 10.5 Å². The molecule has 3 aromatic carbocycles. The van der Waals surface area contributed by atoms with Crippen LogP contribution < -0.4 is 9.99 Å². The van der Waals surface area contributed by atoms with E-state index in [0.29, 0.717) is 17.7 Å².